The van der Waals surface area contributed by atoms with Gasteiger partial charge in [0.1, 0.15) is 0 Å². The number of rotatable bonds is 2. The van der Waals surface area contributed by atoms with Crippen molar-refractivity contribution in [3.05, 3.63) is 0 Å². The molecule has 0 aliphatic carbocycles. The van der Waals surface area contributed by atoms with E-state index in [1.54, 1.807) is 0 Å². The van der Waals surface area contributed by atoms with Crippen molar-refractivity contribution in [2.75, 3.05) is 0 Å². The largest absolute Gasteiger partial charge is 0.0729 e. The van der Waals surface area contributed by atoms with E-state index in [2.05, 4.69) is 41.5 Å². The standard InChI is InChI=1S/C10H21B2/c1-9(2,3)7-8(12-11)10(4,5)6/h8H,7H2,1-6H3. The van der Waals surface area contributed by atoms with Crippen LogP contribution in [0.2, 0.25) is 5.82 Å². The third-order valence-electron chi connectivity index (χ3n) is 2.18. The lowest BCUT2D eigenvalue weighted by molar-refractivity contribution is 0.275. The van der Waals surface area contributed by atoms with Gasteiger partial charge in [0.05, 0.1) is 7.17 Å². The Balaban J connectivity index is 4.20. The van der Waals surface area contributed by atoms with Gasteiger partial charge in [-0.2, -0.15) is 0 Å². The topological polar surface area (TPSA) is 0 Å². The van der Waals surface area contributed by atoms with Crippen LogP contribution in [-0.2, 0) is 0 Å². The summed E-state index contributed by atoms with van der Waals surface area (Å²) in [4.78, 5) is 0. The Kier molecular flexibility index (Phi) is 3.93. The molecule has 0 saturated carbocycles. The van der Waals surface area contributed by atoms with E-state index in [0.29, 0.717) is 16.6 Å². The molecule has 0 heterocycles. The molecule has 0 saturated heterocycles. The lowest BCUT2D eigenvalue weighted by Crippen LogP contribution is -2.25. The first-order chi connectivity index (χ1) is 5.17. The van der Waals surface area contributed by atoms with Crippen molar-refractivity contribution < 1.29 is 0 Å². The maximum absolute atomic E-state index is 5.64. The van der Waals surface area contributed by atoms with E-state index in [-0.39, 0.29) is 0 Å². The van der Waals surface area contributed by atoms with Crippen LogP contribution in [0.5, 0.6) is 0 Å². The average Bonchev–Trinajstić information content (AvgIpc) is 1.78. The molecule has 67 valence electrons. The van der Waals surface area contributed by atoms with Crippen molar-refractivity contribution in [2.24, 2.45) is 10.8 Å². The quantitative estimate of drug-likeness (QED) is 0.548. The summed E-state index contributed by atoms with van der Waals surface area (Å²) in [5, 5.41) is 0. The van der Waals surface area contributed by atoms with Crippen LogP contribution in [-0.4, -0.2) is 14.9 Å². The molecule has 0 aromatic heterocycles. The maximum Gasteiger partial charge on any atom is 0.0594 e. The van der Waals surface area contributed by atoms with Gasteiger partial charge in [0, 0.05) is 7.74 Å². The molecule has 1 unspecified atom stereocenters. The Morgan fingerprint density at radius 3 is 1.58 bits per heavy atom. The second-order valence-corrected chi connectivity index (χ2v) is 5.93. The van der Waals surface area contributed by atoms with Crippen molar-refractivity contribution in [3.8, 4) is 0 Å². The summed E-state index contributed by atoms with van der Waals surface area (Å²) in [6.45, 7) is 13.5. The van der Waals surface area contributed by atoms with Crippen LogP contribution in [0.3, 0.4) is 0 Å². The van der Waals surface area contributed by atoms with E-state index >= 15 is 0 Å². The van der Waals surface area contributed by atoms with Gasteiger partial charge in [0.25, 0.3) is 0 Å². The van der Waals surface area contributed by atoms with Crippen molar-refractivity contribution in [2.45, 2.75) is 53.8 Å². The van der Waals surface area contributed by atoms with Crippen molar-refractivity contribution in [1.82, 2.24) is 0 Å². The molecule has 0 nitrogen and oxygen atoms in total. The summed E-state index contributed by atoms with van der Waals surface area (Å²) in [5.41, 5.74) is 0.663. The minimum absolute atomic E-state index is 0.294. The van der Waals surface area contributed by atoms with E-state index in [0.717, 1.165) is 6.42 Å². The highest BCUT2D eigenvalue weighted by molar-refractivity contribution is 6.90. The smallest absolute Gasteiger partial charge is 0.0594 e. The predicted octanol–water partition coefficient (Wildman–Crippen LogP) is 3.04. The van der Waals surface area contributed by atoms with Crippen LogP contribution >= 0.6 is 0 Å². The van der Waals surface area contributed by atoms with Crippen LogP contribution in [0, 0.1) is 10.8 Å². The SMILES string of the molecule is [B][B]C(CC(C)(C)C)C(C)(C)C. The van der Waals surface area contributed by atoms with Gasteiger partial charge in [-0.25, -0.2) is 0 Å². The third kappa shape index (κ3) is 4.90. The minimum Gasteiger partial charge on any atom is -0.0729 e. The predicted molar refractivity (Wildman–Crippen MR) is 58.8 cm³/mol. The maximum atomic E-state index is 5.64. The normalized spacial score (nSPS) is 15.8. The van der Waals surface area contributed by atoms with Gasteiger partial charge in [0.15, 0.2) is 0 Å². The van der Waals surface area contributed by atoms with Gasteiger partial charge in [-0.1, -0.05) is 53.8 Å². The first-order valence-corrected chi connectivity index (χ1v) is 4.72. The Morgan fingerprint density at radius 1 is 1.08 bits per heavy atom. The molecule has 0 bridgehead atoms. The van der Waals surface area contributed by atoms with Gasteiger partial charge in [0.2, 0.25) is 0 Å². The highest BCUT2D eigenvalue weighted by Gasteiger charge is 2.26. The van der Waals surface area contributed by atoms with Crippen LogP contribution in [0.1, 0.15) is 48.0 Å². The second-order valence-electron chi connectivity index (χ2n) is 5.93. The molecule has 0 aliphatic rings. The van der Waals surface area contributed by atoms with E-state index in [9.17, 15) is 0 Å². The van der Waals surface area contributed by atoms with E-state index in [1.165, 1.54) is 0 Å². The molecule has 0 rings (SSSR count). The van der Waals surface area contributed by atoms with Crippen LogP contribution in [0.15, 0.2) is 0 Å². The molecule has 0 spiro atoms. The minimum atomic E-state index is 0.294. The fourth-order valence-corrected chi connectivity index (χ4v) is 1.32. The zero-order chi connectivity index (χ0) is 9.99. The molecular weight excluding hydrogens is 142 g/mol. The molecule has 3 radical (unpaired) electrons. The Morgan fingerprint density at radius 2 is 1.50 bits per heavy atom. The van der Waals surface area contributed by atoms with E-state index < -0.39 is 0 Å². The lowest BCUT2D eigenvalue weighted by atomic mass is 9.40. The van der Waals surface area contributed by atoms with Crippen molar-refractivity contribution >= 4 is 14.9 Å². The lowest BCUT2D eigenvalue weighted by Gasteiger charge is -2.35. The highest BCUT2D eigenvalue weighted by Crippen LogP contribution is 2.39. The molecule has 0 aromatic carbocycles. The summed E-state index contributed by atoms with van der Waals surface area (Å²) in [5.74, 6) is 0.512. The molecule has 1 atom stereocenters. The molecule has 0 amide bonds. The van der Waals surface area contributed by atoms with Gasteiger partial charge >= 0.3 is 0 Å². The summed E-state index contributed by atoms with van der Waals surface area (Å²) in [6, 6.07) is 0. The zero-order valence-corrected chi connectivity index (χ0v) is 9.44. The molecule has 12 heavy (non-hydrogen) atoms. The molecule has 0 aromatic rings. The summed E-state index contributed by atoms with van der Waals surface area (Å²) in [6.07, 6.45) is 1.16. The Bertz CT molecular complexity index is 128. The van der Waals surface area contributed by atoms with Gasteiger partial charge in [-0.3, -0.25) is 0 Å². The number of hydrogen-bond donors (Lipinski definition) is 0. The van der Waals surface area contributed by atoms with Crippen LogP contribution in [0.25, 0.3) is 0 Å². The molecule has 2 heteroatoms. The van der Waals surface area contributed by atoms with Gasteiger partial charge in [-0.15, -0.1) is 0 Å². The monoisotopic (exact) mass is 163 g/mol. The fourth-order valence-electron chi connectivity index (χ4n) is 1.32. The van der Waals surface area contributed by atoms with Crippen LogP contribution in [0.4, 0.5) is 0 Å². The average molecular weight is 163 g/mol. The number of hydrogen-bond acceptors (Lipinski definition) is 0. The van der Waals surface area contributed by atoms with Crippen molar-refractivity contribution in [1.29, 1.82) is 0 Å². The first-order valence-electron chi connectivity index (χ1n) is 4.72. The molecule has 0 fully saturated rings. The van der Waals surface area contributed by atoms with E-state index in [4.69, 9.17) is 7.74 Å². The van der Waals surface area contributed by atoms with Gasteiger partial charge in [-0.05, 0) is 10.8 Å². The fraction of sp³-hybridized carbons (Fsp3) is 1.00. The Labute approximate surface area is 80.1 Å². The second kappa shape index (κ2) is 3.89. The van der Waals surface area contributed by atoms with Crippen molar-refractivity contribution in [3.63, 3.8) is 0 Å². The van der Waals surface area contributed by atoms with E-state index in [1.807, 2.05) is 7.17 Å². The van der Waals surface area contributed by atoms with Crippen LogP contribution < -0.4 is 0 Å². The zero-order valence-electron chi connectivity index (χ0n) is 9.44. The molecular formula is C10H21B2. The molecule has 0 N–H and O–H groups in total. The summed E-state index contributed by atoms with van der Waals surface area (Å²) in [7, 11) is 7.49. The summed E-state index contributed by atoms with van der Waals surface area (Å²) >= 11 is 0. The Hall–Kier alpha value is 0.130. The molecule has 0 aliphatic heterocycles. The first kappa shape index (κ1) is 12.1. The third-order valence-corrected chi connectivity index (χ3v) is 2.18. The van der Waals surface area contributed by atoms with Gasteiger partial charge < -0.3 is 0 Å². The highest BCUT2D eigenvalue weighted by atomic mass is 14.3. The summed E-state index contributed by atoms with van der Waals surface area (Å²) < 4.78 is 0.